The van der Waals surface area contributed by atoms with E-state index in [4.69, 9.17) is 13.9 Å². The smallest absolute Gasteiger partial charge is 0.344 e. The highest BCUT2D eigenvalue weighted by atomic mass is 16.5. The Morgan fingerprint density at radius 2 is 1.83 bits per heavy atom. The van der Waals surface area contributed by atoms with Gasteiger partial charge in [0.1, 0.15) is 11.3 Å². The number of ether oxygens (including phenoxy) is 2. The molecule has 10 heteroatoms. The maximum atomic E-state index is 12.5. The zero-order chi connectivity index (χ0) is 25.5. The number of likely N-dealkylation sites (tertiary alicyclic amines) is 1. The molecule has 1 aliphatic rings. The van der Waals surface area contributed by atoms with Crippen molar-refractivity contribution in [1.29, 1.82) is 0 Å². The molecule has 186 valence electrons. The predicted molar refractivity (Wildman–Crippen MR) is 124 cm³/mol. The summed E-state index contributed by atoms with van der Waals surface area (Å²) in [7, 11) is 0. The van der Waals surface area contributed by atoms with Gasteiger partial charge in [0.25, 0.3) is 5.91 Å². The van der Waals surface area contributed by atoms with E-state index in [-0.39, 0.29) is 48.3 Å². The van der Waals surface area contributed by atoms with Gasteiger partial charge in [0.15, 0.2) is 12.4 Å². The van der Waals surface area contributed by atoms with Gasteiger partial charge in [0.2, 0.25) is 11.8 Å². The molecular weight excluding hydrogens is 456 g/mol. The van der Waals surface area contributed by atoms with E-state index < -0.39 is 36.2 Å². The molecule has 0 saturated carbocycles. The molecule has 1 N–H and O–H groups in total. The molecule has 10 nitrogen and oxygen atoms in total. The standard InChI is InChI=1S/C25H28N2O8/c1-4-33-25(32)22-21(15(2)28)16(3)35-23(22)26-19(29)14-34-24(31)18-12-20(30)27(13-18)11-10-17-8-6-5-7-9-17/h5-9,18H,4,10-14H2,1-3H3,(H,26,29). The van der Waals surface area contributed by atoms with E-state index in [2.05, 4.69) is 5.32 Å². The molecule has 0 spiro atoms. The number of nitrogens with one attached hydrogen (secondary N) is 1. The van der Waals surface area contributed by atoms with Gasteiger partial charge in [-0.1, -0.05) is 30.3 Å². The molecule has 2 aromatic rings. The Morgan fingerprint density at radius 3 is 2.49 bits per heavy atom. The Balaban J connectivity index is 1.55. The molecule has 1 unspecified atom stereocenters. The Bertz CT molecular complexity index is 1120. The van der Waals surface area contributed by atoms with Crippen molar-refractivity contribution in [3.05, 3.63) is 52.8 Å². The van der Waals surface area contributed by atoms with Crippen LogP contribution < -0.4 is 5.32 Å². The van der Waals surface area contributed by atoms with Gasteiger partial charge in [-0.2, -0.15) is 0 Å². The second kappa shape index (κ2) is 11.5. The molecule has 0 aliphatic carbocycles. The zero-order valence-electron chi connectivity index (χ0n) is 19.9. The SMILES string of the molecule is CCOC(=O)c1c(NC(=O)COC(=O)C2CC(=O)N(CCc3ccccc3)C2)oc(C)c1C(C)=O. The minimum atomic E-state index is -0.818. The van der Waals surface area contributed by atoms with Gasteiger partial charge in [-0.15, -0.1) is 0 Å². The Morgan fingerprint density at radius 1 is 1.11 bits per heavy atom. The average molecular weight is 485 g/mol. The van der Waals surface area contributed by atoms with E-state index in [0.29, 0.717) is 13.0 Å². The minimum absolute atomic E-state index is 0.0100. The first kappa shape index (κ1) is 25.7. The first-order chi connectivity index (χ1) is 16.7. The fourth-order valence-corrected chi connectivity index (χ4v) is 3.93. The van der Waals surface area contributed by atoms with Crippen molar-refractivity contribution >= 4 is 35.4 Å². The summed E-state index contributed by atoms with van der Waals surface area (Å²) in [4.78, 5) is 63.0. The normalized spacial score (nSPS) is 15.1. The van der Waals surface area contributed by atoms with Crippen LogP contribution >= 0.6 is 0 Å². The van der Waals surface area contributed by atoms with Gasteiger partial charge in [-0.3, -0.25) is 24.5 Å². The van der Waals surface area contributed by atoms with Gasteiger partial charge in [0.05, 0.1) is 18.1 Å². The molecule has 1 atom stereocenters. The van der Waals surface area contributed by atoms with Crippen molar-refractivity contribution in [2.24, 2.45) is 5.92 Å². The molecule has 1 aromatic heterocycles. The second-order valence-corrected chi connectivity index (χ2v) is 8.15. The number of Topliss-reactive ketones (excluding diaryl/α,β-unsaturated/α-hetero) is 1. The number of nitrogens with zero attached hydrogens (tertiary/aromatic N) is 1. The lowest BCUT2D eigenvalue weighted by Crippen LogP contribution is -2.30. The quantitative estimate of drug-likeness (QED) is 0.402. The van der Waals surface area contributed by atoms with Crippen LogP contribution in [0.2, 0.25) is 0 Å². The molecule has 2 heterocycles. The summed E-state index contributed by atoms with van der Waals surface area (Å²) in [5, 5.41) is 2.35. The highest BCUT2D eigenvalue weighted by Gasteiger charge is 2.35. The number of benzene rings is 1. The minimum Gasteiger partial charge on any atom is -0.462 e. The average Bonchev–Trinajstić information content (AvgIpc) is 3.36. The summed E-state index contributed by atoms with van der Waals surface area (Å²) in [6.45, 7) is 4.47. The number of carbonyl (C=O) groups excluding carboxylic acids is 5. The first-order valence-corrected chi connectivity index (χ1v) is 11.3. The van der Waals surface area contributed by atoms with Crippen LogP contribution in [0, 0.1) is 12.8 Å². The monoisotopic (exact) mass is 484 g/mol. The topological polar surface area (TPSA) is 132 Å². The molecule has 3 rings (SSSR count). The largest absolute Gasteiger partial charge is 0.462 e. The van der Waals surface area contributed by atoms with Crippen LogP contribution in [-0.2, 0) is 30.3 Å². The van der Waals surface area contributed by atoms with Gasteiger partial charge in [-0.05, 0) is 32.8 Å². The number of amides is 2. The Kier molecular flexibility index (Phi) is 8.40. The molecule has 1 saturated heterocycles. The first-order valence-electron chi connectivity index (χ1n) is 11.3. The number of rotatable bonds is 10. The third-order valence-corrected chi connectivity index (χ3v) is 5.58. The summed E-state index contributed by atoms with van der Waals surface area (Å²) in [5.74, 6) is -3.60. The molecule has 0 radical (unpaired) electrons. The number of furan rings is 1. The van der Waals surface area contributed by atoms with Crippen LogP contribution in [0.5, 0.6) is 0 Å². The van der Waals surface area contributed by atoms with E-state index in [9.17, 15) is 24.0 Å². The summed E-state index contributed by atoms with van der Waals surface area (Å²) in [6, 6.07) is 9.70. The number of anilines is 1. The molecule has 35 heavy (non-hydrogen) atoms. The van der Waals surface area contributed by atoms with Crippen molar-refractivity contribution in [2.75, 3.05) is 31.6 Å². The van der Waals surface area contributed by atoms with Crippen LogP contribution in [0.3, 0.4) is 0 Å². The maximum Gasteiger partial charge on any atom is 0.344 e. The van der Waals surface area contributed by atoms with Crippen LogP contribution in [0.15, 0.2) is 34.7 Å². The number of hydrogen-bond donors (Lipinski definition) is 1. The van der Waals surface area contributed by atoms with E-state index >= 15 is 0 Å². The van der Waals surface area contributed by atoms with Crippen LogP contribution in [0.25, 0.3) is 0 Å². The number of ketones is 1. The van der Waals surface area contributed by atoms with E-state index in [1.165, 1.54) is 13.8 Å². The van der Waals surface area contributed by atoms with Crippen molar-refractivity contribution in [2.45, 2.75) is 33.6 Å². The lowest BCUT2D eigenvalue weighted by atomic mass is 10.1. The second-order valence-electron chi connectivity index (χ2n) is 8.15. The van der Waals surface area contributed by atoms with Crippen LogP contribution in [0.1, 0.15) is 52.3 Å². The molecule has 0 bridgehead atoms. The zero-order valence-corrected chi connectivity index (χ0v) is 19.9. The van der Waals surface area contributed by atoms with Crippen molar-refractivity contribution in [3.8, 4) is 0 Å². The molecular formula is C25H28N2O8. The van der Waals surface area contributed by atoms with Crippen molar-refractivity contribution in [3.63, 3.8) is 0 Å². The highest BCUT2D eigenvalue weighted by Crippen LogP contribution is 2.28. The lowest BCUT2D eigenvalue weighted by molar-refractivity contribution is -0.151. The summed E-state index contributed by atoms with van der Waals surface area (Å²) >= 11 is 0. The molecule has 1 aromatic carbocycles. The van der Waals surface area contributed by atoms with E-state index in [1.54, 1.807) is 11.8 Å². The Hall–Kier alpha value is -3.95. The van der Waals surface area contributed by atoms with E-state index in [0.717, 1.165) is 5.56 Å². The van der Waals surface area contributed by atoms with E-state index in [1.807, 2.05) is 30.3 Å². The number of aryl methyl sites for hydroxylation is 1. The van der Waals surface area contributed by atoms with Crippen molar-refractivity contribution < 1.29 is 37.9 Å². The third kappa shape index (κ3) is 6.34. The van der Waals surface area contributed by atoms with Gasteiger partial charge in [-0.25, -0.2) is 4.79 Å². The highest BCUT2D eigenvalue weighted by molar-refractivity contribution is 6.10. The number of hydrogen-bond acceptors (Lipinski definition) is 8. The maximum absolute atomic E-state index is 12.5. The Labute approximate surface area is 202 Å². The number of esters is 2. The van der Waals surface area contributed by atoms with Gasteiger partial charge >= 0.3 is 11.9 Å². The lowest BCUT2D eigenvalue weighted by Gasteiger charge is -2.16. The molecule has 1 aliphatic heterocycles. The van der Waals surface area contributed by atoms with Crippen LogP contribution in [-0.4, -0.2) is 60.7 Å². The summed E-state index contributed by atoms with van der Waals surface area (Å²) < 4.78 is 15.5. The van der Waals surface area contributed by atoms with Gasteiger partial charge in [0, 0.05) is 19.5 Å². The predicted octanol–water partition coefficient (Wildman–Crippen LogP) is 2.54. The number of carbonyl (C=O) groups is 5. The fraction of sp³-hybridized carbons (Fsp3) is 0.400. The fourth-order valence-electron chi connectivity index (χ4n) is 3.93. The van der Waals surface area contributed by atoms with Crippen molar-refractivity contribution in [1.82, 2.24) is 4.90 Å². The third-order valence-electron chi connectivity index (χ3n) is 5.58. The molecule has 1 fully saturated rings. The molecule has 2 amide bonds. The van der Waals surface area contributed by atoms with Gasteiger partial charge < -0.3 is 18.8 Å². The summed E-state index contributed by atoms with van der Waals surface area (Å²) in [5.41, 5.74) is 0.911. The van der Waals surface area contributed by atoms with Crippen LogP contribution in [0.4, 0.5) is 5.88 Å². The summed E-state index contributed by atoms with van der Waals surface area (Å²) in [6.07, 6.45) is 0.686.